The van der Waals surface area contributed by atoms with Crippen LogP contribution in [-0.2, 0) is 28.6 Å². The highest BCUT2D eigenvalue weighted by Crippen LogP contribution is 2.22. The average Bonchev–Trinajstić information content (AvgIpc) is 3.64. The van der Waals surface area contributed by atoms with E-state index in [1.54, 1.807) is 19.9 Å². The number of nitrogens with one attached hydrogen (secondary N) is 1. The van der Waals surface area contributed by atoms with E-state index in [0.29, 0.717) is 6.42 Å². The van der Waals surface area contributed by atoms with Crippen molar-refractivity contribution < 1.29 is 38.8 Å². The van der Waals surface area contributed by atoms with Crippen molar-refractivity contribution in [2.24, 2.45) is 5.41 Å². The Bertz CT molecular complexity index is 961. The summed E-state index contributed by atoms with van der Waals surface area (Å²) in [4.78, 5) is 35.8. The van der Waals surface area contributed by atoms with Gasteiger partial charge in [-0.25, -0.2) is 0 Å². The summed E-state index contributed by atoms with van der Waals surface area (Å²) in [6, 6.07) is 0. The van der Waals surface area contributed by atoms with E-state index in [0.717, 1.165) is 32.1 Å². The lowest BCUT2D eigenvalue weighted by molar-refractivity contribution is -0.153. The molecule has 41 heavy (non-hydrogen) atoms. The summed E-state index contributed by atoms with van der Waals surface area (Å²) in [6.07, 6.45) is 26.9. The van der Waals surface area contributed by atoms with Crippen molar-refractivity contribution in [1.29, 1.82) is 0 Å². The number of rotatable bonds is 21. The van der Waals surface area contributed by atoms with E-state index in [1.165, 1.54) is 0 Å². The highest BCUT2D eigenvalue weighted by molar-refractivity contribution is 5.82. The molecule has 1 saturated heterocycles. The van der Waals surface area contributed by atoms with E-state index in [1.807, 2.05) is 12.2 Å². The number of amides is 1. The first-order valence-electron chi connectivity index (χ1n) is 14.2. The van der Waals surface area contributed by atoms with Crippen LogP contribution >= 0.6 is 0 Å². The van der Waals surface area contributed by atoms with Gasteiger partial charge in [0.15, 0.2) is 0 Å². The van der Waals surface area contributed by atoms with Gasteiger partial charge in [0, 0.05) is 12.0 Å². The number of allylic oxidation sites excluding steroid dienone is 11. The molecule has 3 atom stereocenters. The number of ether oxygens (including phenoxy) is 3. The van der Waals surface area contributed by atoms with Crippen LogP contribution in [0.1, 0.15) is 72.1 Å². The molecule has 0 spiro atoms. The summed E-state index contributed by atoms with van der Waals surface area (Å²) in [5.74, 6) is -1.81. The van der Waals surface area contributed by atoms with Gasteiger partial charge in [-0.2, -0.15) is 0 Å². The third-order valence-electron chi connectivity index (χ3n) is 5.78. The summed E-state index contributed by atoms with van der Waals surface area (Å²) in [5, 5.41) is 21.7. The van der Waals surface area contributed by atoms with Gasteiger partial charge < -0.3 is 29.7 Å². The molecule has 1 rings (SSSR count). The molecule has 9 heteroatoms. The Labute approximate surface area is 244 Å². The van der Waals surface area contributed by atoms with Crippen molar-refractivity contribution in [1.82, 2.24) is 5.32 Å². The second kappa shape index (κ2) is 21.5. The smallest absolute Gasteiger partial charge is 0.310 e. The van der Waals surface area contributed by atoms with Crippen LogP contribution in [0.3, 0.4) is 0 Å². The largest absolute Gasteiger partial charge is 0.465 e. The maximum absolute atomic E-state index is 12.2. The van der Waals surface area contributed by atoms with Gasteiger partial charge in [0.25, 0.3) is 6.29 Å². The van der Waals surface area contributed by atoms with Gasteiger partial charge >= 0.3 is 11.9 Å². The van der Waals surface area contributed by atoms with E-state index >= 15 is 0 Å². The van der Waals surface area contributed by atoms with Crippen molar-refractivity contribution in [3.8, 4) is 0 Å². The summed E-state index contributed by atoms with van der Waals surface area (Å²) < 4.78 is 14.5. The number of carbonyl (C=O) groups excluding carboxylic acids is 3. The molecule has 1 fully saturated rings. The van der Waals surface area contributed by atoms with Crippen molar-refractivity contribution >= 4 is 17.8 Å². The molecule has 1 amide bonds. The Kier molecular flexibility index (Phi) is 18.7. The van der Waals surface area contributed by atoms with E-state index in [9.17, 15) is 19.5 Å². The summed E-state index contributed by atoms with van der Waals surface area (Å²) in [7, 11) is 0. The molecule has 228 valence electrons. The van der Waals surface area contributed by atoms with Crippen molar-refractivity contribution in [2.75, 3.05) is 13.2 Å². The van der Waals surface area contributed by atoms with E-state index in [-0.39, 0.29) is 26.0 Å². The number of carbonyl (C=O) groups is 3. The molecule has 1 heterocycles. The van der Waals surface area contributed by atoms with Crippen molar-refractivity contribution in [3.05, 3.63) is 72.9 Å². The maximum Gasteiger partial charge on any atom is 0.310 e. The number of aliphatic hydroxyl groups excluding tert-OH is 2. The topological polar surface area (TPSA) is 135 Å². The minimum atomic E-state index is -1.45. The molecule has 0 radical (unpaired) electrons. The highest BCUT2D eigenvalue weighted by Gasteiger charge is 2.41. The molecule has 0 aromatic carbocycles. The van der Waals surface area contributed by atoms with Gasteiger partial charge in [-0.3, -0.25) is 14.4 Å². The van der Waals surface area contributed by atoms with Crippen LogP contribution in [0.25, 0.3) is 0 Å². The van der Waals surface area contributed by atoms with Gasteiger partial charge in [0.1, 0.15) is 6.10 Å². The zero-order valence-corrected chi connectivity index (χ0v) is 24.6. The first kappa shape index (κ1) is 35.8. The normalized spacial score (nSPS) is 18.4. The molecule has 1 aliphatic heterocycles. The van der Waals surface area contributed by atoms with Crippen molar-refractivity contribution in [2.45, 2.75) is 90.8 Å². The predicted molar refractivity (Wildman–Crippen MR) is 158 cm³/mol. The molecule has 0 aromatic rings. The fraction of sp³-hybridized carbons (Fsp3) is 0.531. The molecule has 9 nitrogen and oxygen atoms in total. The van der Waals surface area contributed by atoms with Gasteiger partial charge in [0.05, 0.1) is 19.4 Å². The number of aliphatic hydroxyl groups is 2. The molecule has 0 bridgehead atoms. The van der Waals surface area contributed by atoms with Gasteiger partial charge in [0.2, 0.25) is 12.2 Å². The Morgan fingerprint density at radius 2 is 1.29 bits per heavy atom. The number of hydrogen-bond donors (Lipinski definition) is 3. The van der Waals surface area contributed by atoms with Crippen molar-refractivity contribution in [3.63, 3.8) is 0 Å². The van der Waals surface area contributed by atoms with Crippen LogP contribution in [0.2, 0.25) is 0 Å². The van der Waals surface area contributed by atoms with Crippen LogP contribution in [0.5, 0.6) is 0 Å². The molecule has 1 aliphatic rings. The average molecular weight is 574 g/mol. The number of esters is 2. The molecule has 3 unspecified atom stereocenters. The zero-order chi connectivity index (χ0) is 30.3. The zero-order valence-electron chi connectivity index (χ0n) is 24.6. The number of epoxide rings is 1. The second-order valence-electron chi connectivity index (χ2n) is 10.1. The quantitative estimate of drug-likeness (QED) is 0.102. The van der Waals surface area contributed by atoms with Crippen LogP contribution in [0, 0.1) is 5.41 Å². The summed E-state index contributed by atoms with van der Waals surface area (Å²) >= 11 is 0. The lowest BCUT2D eigenvalue weighted by atomic mass is 9.87. The van der Waals surface area contributed by atoms with E-state index in [4.69, 9.17) is 14.6 Å². The molecule has 0 aliphatic carbocycles. The Morgan fingerprint density at radius 3 is 1.76 bits per heavy atom. The fourth-order valence-corrected chi connectivity index (χ4v) is 3.21. The molecular weight excluding hydrogens is 526 g/mol. The van der Waals surface area contributed by atoms with Crippen LogP contribution < -0.4 is 5.32 Å². The summed E-state index contributed by atoms with van der Waals surface area (Å²) in [6.45, 7) is 5.12. The summed E-state index contributed by atoms with van der Waals surface area (Å²) in [5.41, 5.74) is -1.04. The SMILES string of the molecule is CCC=CCC=CCC=CCC=CCC=CCC=CCC(=O)OCC(C)(C)C(O)C(=O)NCCC(=O)OC1OC1O. The Balaban J connectivity index is 2.12. The van der Waals surface area contributed by atoms with Crippen LogP contribution in [-0.4, -0.2) is 59.9 Å². The van der Waals surface area contributed by atoms with Gasteiger partial charge in [-0.1, -0.05) is 93.7 Å². The van der Waals surface area contributed by atoms with Gasteiger partial charge in [-0.05, 0) is 38.5 Å². The maximum atomic E-state index is 12.2. The minimum absolute atomic E-state index is 0.0594. The van der Waals surface area contributed by atoms with Crippen LogP contribution in [0.15, 0.2) is 72.9 Å². The first-order valence-corrected chi connectivity index (χ1v) is 14.2. The fourth-order valence-electron chi connectivity index (χ4n) is 3.21. The Morgan fingerprint density at radius 1 is 0.829 bits per heavy atom. The highest BCUT2D eigenvalue weighted by atomic mass is 16.8. The monoisotopic (exact) mass is 573 g/mol. The molecule has 0 aromatic heterocycles. The van der Waals surface area contributed by atoms with Crippen LogP contribution in [0.4, 0.5) is 0 Å². The first-order chi connectivity index (χ1) is 19.7. The third kappa shape index (κ3) is 18.7. The predicted octanol–water partition coefficient (Wildman–Crippen LogP) is 4.73. The Hall–Kier alpha value is -3.27. The van der Waals surface area contributed by atoms with Gasteiger partial charge in [-0.15, -0.1) is 0 Å². The third-order valence-corrected chi connectivity index (χ3v) is 5.78. The molecule has 3 N–H and O–H groups in total. The van der Waals surface area contributed by atoms with E-state index in [2.05, 4.69) is 71.7 Å². The van der Waals surface area contributed by atoms with E-state index < -0.39 is 41.9 Å². The number of hydrogen-bond acceptors (Lipinski definition) is 8. The standard InChI is InChI=1S/C32H47NO8/c1-4-5-6-7-8-9-10-11-12-13-14-15-16-17-18-19-20-21-22-26(34)39-25-32(2,3)28(36)29(37)33-24-23-27(35)40-31-30(38)41-31/h5-6,8-9,11-12,14-15,17-18,20-21,28,30-31,36,38H,4,7,10,13,16,19,22-25H2,1-3H3,(H,33,37). The molecular formula is C32H47NO8. The minimum Gasteiger partial charge on any atom is -0.465 e. The molecule has 0 saturated carbocycles. The lowest BCUT2D eigenvalue weighted by Gasteiger charge is -2.28. The lowest BCUT2D eigenvalue weighted by Crippen LogP contribution is -2.46. The second-order valence-corrected chi connectivity index (χ2v) is 10.1.